The summed E-state index contributed by atoms with van der Waals surface area (Å²) < 4.78 is 48.2. The number of nitrogens with zero attached hydrogens (tertiary/aromatic N) is 1. The number of benzene rings is 1. The van der Waals surface area contributed by atoms with E-state index in [1.165, 1.54) is 30.5 Å². The molecule has 116 valence electrons. The minimum absolute atomic E-state index is 0.0433. The third-order valence-electron chi connectivity index (χ3n) is 2.64. The number of esters is 1. The van der Waals surface area contributed by atoms with Gasteiger partial charge >= 0.3 is 12.1 Å². The Kier molecular flexibility index (Phi) is 4.65. The maximum Gasteiger partial charge on any atom is 0.416 e. The molecule has 0 aliphatic carbocycles. The second-order valence-electron chi connectivity index (χ2n) is 4.20. The van der Waals surface area contributed by atoms with Crippen molar-refractivity contribution in [1.82, 2.24) is 4.98 Å². The molecular weight excluding hydrogens is 299 g/mol. The van der Waals surface area contributed by atoms with Crippen LogP contribution in [0.4, 0.5) is 13.2 Å². The van der Waals surface area contributed by atoms with Crippen molar-refractivity contribution >= 4 is 5.97 Å². The maximum absolute atomic E-state index is 12.7. The lowest BCUT2D eigenvalue weighted by atomic mass is 10.2. The molecule has 2 rings (SSSR count). The first kappa shape index (κ1) is 15.8. The summed E-state index contributed by atoms with van der Waals surface area (Å²) >= 11 is 0. The molecule has 1 aromatic carbocycles. The van der Waals surface area contributed by atoms with Crippen molar-refractivity contribution in [2.24, 2.45) is 0 Å². The van der Waals surface area contributed by atoms with Gasteiger partial charge in [0.25, 0.3) is 0 Å². The number of hydrogen-bond donors (Lipinski definition) is 0. The average molecular weight is 311 g/mol. The van der Waals surface area contributed by atoms with Gasteiger partial charge in [0, 0.05) is 6.20 Å². The highest BCUT2D eigenvalue weighted by Crippen LogP contribution is 2.32. The Morgan fingerprint density at radius 3 is 2.68 bits per heavy atom. The van der Waals surface area contributed by atoms with Gasteiger partial charge in [-0.15, -0.1) is 0 Å². The van der Waals surface area contributed by atoms with Gasteiger partial charge in [-0.2, -0.15) is 13.2 Å². The monoisotopic (exact) mass is 311 g/mol. The molecule has 7 heteroatoms. The number of carbonyl (C=O) groups excluding carboxylic acids is 1. The Bertz CT molecular complexity index is 671. The van der Waals surface area contributed by atoms with Crippen molar-refractivity contribution in [2.45, 2.75) is 13.1 Å². The molecule has 0 amide bonds. The molecule has 0 bridgehead atoms. The van der Waals surface area contributed by atoms with E-state index in [-0.39, 0.29) is 23.8 Å². The summed E-state index contributed by atoms with van der Waals surface area (Å²) in [7, 11) is 0. The second kappa shape index (κ2) is 6.46. The van der Waals surface area contributed by atoms with Crippen LogP contribution >= 0.6 is 0 Å². The fourth-order valence-corrected chi connectivity index (χ4v) is 1.68. The zero-order valence-electron chi connectivity index (χ0n) is 11.6. The molecular formula is C15H12F3NO3. The largest absolute Gasteiger partial charge is 0.462 e. The minimum Gasteiger partial charge on any atom is -0.462 e. The number of aromatic nitrogens is 1. The Labute approximate surface area is 124 Å². The van der Waals surface area contributed by atoms with Crippen molar-refractivity contribution < 1.29 is 27.4 Å². The van der Waals surface area contributed by atoms with Crippen LogP contribution in [0.15, 0.2) is 42.6 Å². The summed E-state index contributed by atoms with van der Waals surface area (Å²) in [5.41, 5.74) is -0.805. The lowest BCUT2D eigenvalue weighted by molar-refractivity contribution is -0.137. The van der Waals surface area contributed by atoms with Crippen LogP contribution in [0.1, 0.15) is 22.8 Å². The molecule has 0 fully saturated rings. The number of hydrogen-bond acceptors (Lipinski definition) is 4. The van der Waals surface area contributed by atoms with E-state index in [0.29, 0.717) is 0 Å². The minimum atomic E-state index is -4.48. The van der Waals surface area contributed by atoms with Crippen LogP contribution in [-0.4, -0.2) is 17.6 Å². The van der Waals surface area contributed by atoms with Crippen molar-refractivity contribution in [1.29, 1.82) is 0 Å². The van der Waals surface area contributed by atoms with Gasteiger partial charge in [0.15, 0.2) is 0 Å². The number of alkyl halides is 3. The number of carbonyl (C=O) groups is 1. The molecule has 0 saturated carbocycles. The zero-order valence-corrected chi connectivity index (χ0v) is 11.6. The fraction of sp³-hybridized carbons (Fsp3) is 0.200. The molecule has 22 heavy (non-hydrogen) atoms. The van der Waals surface area contributed by atoms with E-state index in [1.54, 1.807) is 6.92 Å². The van der Waals surface area contributed by atoms with E-state index in [2.05, 4.69) is 4.98 Å². The topological polar surface area (TPSA) is 48.4 Å². The molecule has 0 saturated heterocycles. The lowest BCUT2D eigenvalue weighted by Crippen LogP contribution is -2.08. The molecule has 0 unspecified atom stereocenters. The standard InChI is InChI=1S/C15H12F3NO3/c1-2-21-14(20)12-7-4-8-19-13(12)22-11-6-3-5-10(9-11)15(16,17)18/h3-9H,2H2,1H3. The van der Waals surface area contributed by atoms with Gasteiger partial charge in [-0.05, 0) is 37.3 Å². The maximum atomic E-state index is 12.7. The molecule has 0 spiro atoms. The van der Waals surface area contributed by atoms with E-state index in [1.807, 2.05) is 0 Å². The highest BCUT2D eigenvalue weighted by molar-refractivity contribution is 5.91. The Balaban J connectivity index is 2.30. The molecule has 0 aliphatic rings. The quantitative estimate of drug-likeness (QED) is 0.799. The number of rotatable bonds is 4. The first-order chi connectivity index (χ1) is 10.4. The predicted octanol–water partition coefficient (Wildman–Crippen LogP) is 4.07. The second-order valence-corrected chi connectivity index (χ2v) is 4.20. The SMILES string of the molecule is CCOC(=O)c1cccnc1Oc1cccc(C(F)(F)F)c1. The molecule has 0 radical (unpaired) electrons. The molecule has 1 aromatic heterocycles. The van der Waals surface area contributed by atoms with Crippen molar-refractivity contribution in [3.8, 4) is 11.6 Å². The normalized spacial score (nSPS) is 11.1. The molecule has 4 nitrogen and oxygen atoms in total. The Morgan fingerprint density at radius 2 is 2.00 bits per heavy atom. The smallest absolute Gasteiger partial charge is 0.416 e. The summed E-state index contributed by atoms with van der Waals surface area (Å²) in [6.45, 7) is 1.80. The van der Waals surface area contributed by atoms with Crippen LogP contribution in [0.5, 0.6) is 11.6 Å². The summed E-state index contributed by atoms with van der Waals surface area (Å²) in [6, 6.07) is 7.25. The van der Waals surface area contributed by atoms with Crippen molar-refractivity contribution in [3.63, 3.8) is 0 Å². The van der Waals surface area contributed by atoms with Crippen molar-refractivity contribution in [2.75, 3.05) is 6.61 Å². The summed E-state index contributed by atoms with van der Waals surface area (Å²) in [5, 5.41) is 0. The molecule has 0 N–H and O–H groups in total. The van der Waals surface area contributed by atoms with Gasteiger partial charge in [0.2, 0.25) is 5.88 Å². The van der Waals surface area contributed by atoms with E-state index in [9.17, 15) is 18.0 Å². The van der Waals surface area contributed by atoms with Crippen LogP contribution < -0.4 is 4.74 Å². The first-order valence-electron chi connectivity index (χ1n) is 6.39. The molecule has 0 atom stereocenters. The van der Waals surface area contributed by atoms with Crippen LogP contribution in [0.25, 0.3) is 0 Å². The molecule has 2 aromatic rings. The number of ether oxygens (including phenoxy) is 2. The lowest BCUT2D eigenvalue weighted by Gasteiger charge is -2.11. The van der Waals surface area contributed by atoms with E-state index < -0.39 is 17.7 Å². The highest BCUT2D eigenvalue weighted by Gasteiger charge is 2.30. The first-order valence-corrected chi connectivity index (χ1v) is 6.39. The summed E-state index contributed by atoms with van der Waals surface area (Å²) in [5.74, 6) is -0.836. The van der Waals surface area contributed by atoms with Gasteiger partial charge in [-0.3, -0.25) is 0 Å². The number of halogens is 3. The van der Waals surface area contributed by atoms with E-state index in [4.69, 9.17) is 9.47 Å². The predicted molar refractivity (Wildman–Crippen MR) is 71.7 cm³/mol. The van der Waals surface area contributed by atoms with Gasteiger partial charge < -0.3 is 9.47 Å². The Morgan fingerprint density at radius 1 is 1.23 bits per heavy atom. The zero-order chi connectivity index (χ0) is 16.2. The summed E-state index contributed by atoms with van der Waals surface area (Å²) in [6.07, 6.45) is -3.11. The Hall–Kier alpha value is -2.57. The van der Waals surface area contributed by atoms with Gasteiger partial charge in [0.1, 0.15) is 11.3 Å². The third-order valence-corrected chi connectivity index (χ3v) is 2.64. The van der Waals surface area contributed by atoms with Gasteiger partial charge in [-0.1, -0.05) is 6.07 Å². The van der Waals surface area contributed by atoms with E-state index in [0.717, 1.165) is 12.1 Å². The van der Waals surface area contributed by atoms with Crippen molar-refractivity contribution in [3.05, 3.63) is 53.7 Å². The highest BCUT2D eigenvalue weighted by atomic mass is 19.4. The van der Waals surface area contributed by atoms with E-state index >= 15 is 0 Å². The van der Waals surface area contributed by atoms with Crippen LogP contribution in [-0.2, 0) is 10.9 Å². The molecule has 1 heterocycles. The van der Waals surface area contributed by atoms with Crippen LogP contribution in [0, 0.1) is 0 Å². The van der Waals surface area contributed by atoms with Crippen LogP contribution in [0.3, 0.4) is 0 Å². The molecule has 0 aliphatic heterocycles. The van der Waals surface area contributed by atoms with Gasteiger partial charge in [-0.25, -0.2) is 9.78 Å². The number of pyridine rings is 1. The third kappa shape index (κ3) is 3.75. The fourth-order valence-electron chi connectivity index (χ4n) is 1.68. The van der Waals surface area contributed by atoms with Gasteiger partial charge in [0.05, 0.1) is 12.2 Å². The van der Waals surface area contributed by atoms with Crippen LogP contribution in [0.2, 0.25) is 0 Å². The average Bonchev–Trinajstić information content (AvgIpc) is 2.47. The summed E-state index contributed by atoms with van der Waals surface area (Å²) in [4.78, 5) is 15.6.